The third-order valence-electron chi connectivity index (χ3n) is 3.68. The maximum atomic E-state index is 11.8. The molecule has 1 heterocycles. The third kappa shape index (κ3) is 5.31. The molecule has 1 aliphatic heterocycles. The zero-order chi connectivity index (χ0) is 16.2. The van der Waals surface area contributed by atoms with E-state index in [1.165, 1.54) is 0 Å². The summed E-state index contributed by atoms with van der Waals surface area (Å²) < 4.78 is 5.29. The predicted molar refractivity (Wildman–Crippen MR) is 87.6 cm³/mol. The zero-order valence-electron chi connectivity index (χ0n) is 13.7. The molecule has 0 bridgehead atoms. The van der Waals surface area contributed by atoms with E-state index in [9.17, 15) is 4.79 Å². The largest absolute Gasteiger partial charge is 0.444 e. The van der Waals surface area contributed by atoms with Gasteiger partial charge in [-0.15, -0.1) is 0 Å². The highest BCUT2D eigenvalue weighted by molar-refractivity contribution is 5.68. The van der Waals surface area contributed by atoms with Crippen LogP contribution in [-0.4, -0.2) is 42.3 Å². The van der Waals surface area contributed by atoms with Crippen molar-refractivity contribution in [2.75, 3.05) is 19.6 Å². The van der Waals surface area contributed by atoms with Crippen molar-refractivity contribution in [3.05, 3.63) is 35.9 Å². The van der Waals surface area contributed by atoms with E-state index in [0.29, 0.717) is 0 Å². The van der Waals surface area contributed by atoms with Crippen LogP contribution in [0.2, 0.25) is 0 Å². The highest BCUT2D eigenvalue weighted by Gasteiger charge is 2.27. The second-order valence-corrected chi connectivity index (χ2v) is 6.91. The molecule has 22 heavy (non-hydrogen) atoms. The van der Waals surface area contributed by atoms with Crippen molar-refractivity contribution in [3.63, 3.8) is 0 Å². The molecular formula is C17H27N3O2. The summed E-state index contributed by atoms with van der Waals surface area (Å²) in [6.45, 7) is 8.17. The molecule has 0 spiro atoms. The normalized spacial score (nSPS) is 20.6. The Balaban J connectivity index is 1.77. The summed E-state index contributed by atoms with van der Waals surface area (Å²) in [5.41, 5.74) is 6.94. The van der Waals surface area contributed by atoms with Crippen LogP contribution in [0.4, 0.5) is 4.79 Å². The van der Waals surface area contributed by atoms with Crippen LogP contribution < -0.4 is 11.1 Å². The molecule has 5 heteroatoms. The Morgan fingerprint density at radius 2 is 2.09 bits per heavy atom. The second kappa shape index (κ2) is 7.11. The standard InChI is InChI=1S/C17H27N3O2/c1-17(2,3)22-16(21)19-14-9-10-20(11-14)12-15(18)13-7-5-4-6-8-13/h4-8,14-15H,9-12,18H2,1-3H3,(H,19,21)/t14-,15+/m0/s1. The number of alkyl carbamates (subject to hydrolysis) is 1. The Labute approximate surface area is 132 Å². The fourth-order valence-corrected chi connectivity index (χ4v) is 2.67. The molecule has 1 aromatic carbocycles. The van der Waals surface area contributed by atoms with Crippen molar-refractivity contribution in [1.29, 1.82) is 0 Å². The number of rotatable bonds is 4. The first-order valence-electron chi connectivity index (χ1n) is 7.86. The van der Waals surface area contributed by atoms with Crippen molar-refractivity contribution in [3.8, 4) is 0 Å². The number of likely N-dealkylation sites (tertiary alicyclic amines) is 1. The van der Waals surface area contributed by atoms with Crippen molar-refractivity contribution in [2.24, 2.45) is 5.73 Å². The van der Waals surface area contributed by atoms with Gasteiger partial charge in [0.25, 0.3) is 0 Å². The Kier molecular flexibility index (Phi) is 5.42. The molecule has 0 saturated carbocycles. The van der Waals surface area contributed by atoms with Crippen LogP contribution in [0.25, 0.3) is 0 Å². The summed E-state index contributed by atoms with van der Waals surface area (Å²) in [6.07, 6.45) is 0.590. The number of amides is 1. The van der Waals surface area contributed by atoms with Crippen molar-refractivity contribution < 1.29 is 9.53 Å². The van der Waals surface area contributed by atoms with Crippen LogP contribution >= 0.6 is 0 Å². The number of nitrogens with zero attached hydrogens (tertiary/aromatic N) is 1. The summed E-state index contributed by atoms with van der Waals surface area (Å²) in [6, 6.07) is 10.2. The Hall–Kier alpha value is -1.59. The van der Waals surface area contributed by atoms with Gasteiger partial charge in [0.2, 0.25) is 0 Å². The van der Waals surface area contributed by atoms with Crippen LogP contribution in [0.15, 0.2) is 30.3 Å². The highest BCUT2D eigenvalue weighted by atomic mass is 16.6. The highest BCUT2D eigenvalue weighted by Crippen LogP contribution is 2.16. The molecule has 5 nitrogen and oxygen atoms in total. The molecule has 1 aliphatic rings. The number of ether oxygens (including phenoxy) is 1. The number of hydrogen-bond donors (Lipinski definition) is 2. The van der Waals surface area contributed by atoms with Gasteiger partial charge in [-0.2, -0.15) is 0 Å². The van der Waals surface area contributed by atoms with E-state index in [-0.39, 0.29) is 18.2 Å². The van der Waals surface area contributed by atoms with Crippen LogP contribution in [0.5, 0.6) is 0 Å². The van der Waals surface area contributed by atoms with Gasteiger partial charge in [-0.25, -0.2) is 4.79 Å². The predicted octanol–water partition coefficient (Wildman–Crippen LogP) is 2.29. The average molecular weight is 305 g/mol. The summed E-state index contributed by atoms with van der Waals surface area (Å²) in [7, 11) is 0. The van der Waals surface area contributed by atoms with E-state index < -0.39 is 5.60 Å². The minimum absolute atomic E-state index is 0.00137. The van der Waals surface area contributed by atoms with Crippen LogP contribution in [-0.2, 0) is 4.74 Å². The van der Waals surface area contributed by atoms with Gasteiger partial charge in [0.15, 0.2) is 0 Å². The maximum absolute atomic E-state index is 11.8. The molecule has 2 rings (SSSR count). The number of hydrogen-bond acceptors (Lipinski definition) is 4. The molecule has 1 fully saturated rings. The lowest BCUT2D eigenvalue weighted by atomic mass is 10.1. The first-order valence-corrected chi connectivity index (χ1v) is 7.86. The van der Waals surface area contributed by atoms with Gasteiger partial charge in [-0.1, -0.05) is 30.3 Å². The van der Waals surface area contributed by atoms with Gasteiger partial charge in [-0.3, -0.25) is 4.90 Å². The van der Waals surface area contributed by atoms with Gasteiger partial charge < -0.3 is 15.8 Å². The van der Waals surface area contributed by atoms with Gasteiger partial charge in [0.05, 0.1) is 0 Å². The molecule has 1 saturated heterocycles. The van der Waals surface area contributed by atoms with E-state index in [2.05, 4.69) is 22.3 Å². The first-order chi connectivity index (χ1) is 10.3. The number of carbonyl (C=O) groups is 1. The SMILES string of the molecule is CC(C)(C)OC(=O)N[C@H]1CCN(C[C@@H](N)c2ccccc2)C1. The van der Waals surface area contributed by atoms with Crippen molar-refractivity contribution >= 4 is 6.09 Å². The smallest absolute Gasteiger partial charge is 0.407 e. The molecule has 2 atom stereocenters. The average Bonchev–Trinajstić information content (AvgIpc) is 2.84. The summed E-state index contributed by atoms with van der Waals surface area (Å²) >= 11 is 0. The molecule has 0 unspecified atom stereocenters. The third-order valence-corrected chi connectivity index (χ3v) is 3.68. The van der Waals surface area contributed by atoms with E-state index >= 15 is 0 Å². The van der Waals surface area contributed by atoms with E-state index in [0.717, 1.165) is 31.6 Å². The van der Waals surface area contributed by atoms with Gasteiger partial charge >= 0.3 is 6.09 Å². The first kappa shape index (κ1) is 16.8. The van der Waals surface area contributed by atoms with E-state index in [1.807, 2.05) is 39.0 Å². The molecule has 3 N–H and O–H groups in total. The lowest BCUT2D eigenvalue weighted by molar-refractivity contribution is 0.0506. The molecule has 1 aromatic rings. The maximum Gasteiger partial charge on any atom is 0.407 e. The van der Waals surface area contributed by atoms with E-state index in [4.69, 9.17) is 10.5 Å². The molecule has 122 valence electrons. The number of nitrogens with two attached hydrogens (primary N) is 1. The van der Waals surface area contributed by atoms with Crippen LogP contribution in [0.3, 0.4) is 0 Å². The Bertz CT molecular complexity index is 484. The second-order valence-electron chi connectivity index (χ2n) is 6.91. The molecular weight excluding hydrogens is 278 g/mol. The van der Waals surface area contributed by atoms with Crippen molar-refractivity contribution in [2.45, 2.75) is 44.9 Å². The minimum Gasteiger partial charge on any atom is -0.444 e. The number of benzene rings is 1. The molecule has 0 aliphatic carbocycles. The zero-order valence-corrected chi connectivity index (χ0v) is 13.7. The van der Waals surface area contributed by atoms with Crippen molar-refractivity contribution in [1.82, 2.24) is 10.2 Å². The lowest BCUT2D eigenvalue weighted by Gasteiger charge is -2.23. The monoisotopic (exact) mass is 305 g/mol. The van der Waals surface area contributed by atoms with Crippen LogP contribution in [0.1, 0.15) is 38.8 Å². The Morgan fingerprint density at radius 3 is 2.73 bits per heavy atom. The molecule has 0 radical (unpaired) electrons. The fraction of sp³-hybridized carbons (Fsp3) is 0.588. The minimum atomic E-state index is -0.460. The topological polar surface area (TPSA) is 67.6 Å². The summed E-state index contributed by atoms with van der Waals surface area (Å²) in [5.74, 6) is 0. The lowest BCUT2D eigenvalue weighted by Crippen LogP contribution is -2.41. The number of carbonyl (C=O) groups excluding carboxylic acids is 1. The Morgan fingerprint density at radius 1 is 1.41 bits per heavy atom. The summed E-state index contributed by atoms with van der Waals surface area (Å²) in [4.78, 5) is 14.1. The quantitative estimate of drug-likeness (QED) is 0.895. The fourth-order valence-electron chi connectivity index (χ4n) is 2.67. The summed E-state index contributed by atoms with van der Waals surface area (Å²) in [5, 5.41) is 2.93. The van der Waals surface area contributed by atoms with Gasteiger partial charge in [0, 0.05) is 31.7 Å². The van der Waals surface area contributed by atoms with Crippen LogP contribution in [0, 0.1) is 0 Å². The van der Waals surface area contributed by atoms with E-state index in [1.54, 1.807) is 0 Å². The van der Waals surface area contributed by atoms with Gasteiger partial charge in [-0.05, 0) is 32.8 Å². The number of nitrogens with one attached hydrogen (secondary N) is 1. The molecule has 1 amide bonds. The molecule has 0 aromatic heterocycles. The van der Waals surface area contributed by atoms with Gasteiger partial charge in [0.1, 0.15) is 5.60 Å².